The molecule has 0 rings (SSSR count). The minimum atomic E-state index is -1.02. The van der Waals surface area contributed by atoms with Crippen LogP contribution >= 0.6 is 0 Å². The molecule has 1 atom stereocenters. The molecule has 0 spiro atoms. The second kappa shape index (κ2) is 10.6. The molecular formula is C13H23NO4. The fraction of sp³-hybridized carbons (Fsp3) is 0.692. The third-order valence-electron chi connectivity index (χ3n) is 2.47. The molecule has 0 aliphatic carbocycles. The van der Waals surface area contributed by atoms with E-state index in [9.17, 15) is 9.59 Å². The van der Waals surface area contributed by atoms with E-state index in [1.807, 2.05) is 13.0 Å². The van der Waals surface area contributed by atoms with Gasteiger partial charge in [0, 0.05) is 0 Å². The van der Waals surface area contributed by atoms with Gasteiger partial charge in [-0.15, -0.1) is 6.58 Å². The smallest absolute Gasteiger partial charge is 0.407 e. The summed E-state index contributed by atoms with van der Waals surface area (Å²) in [6.07, 6.45) is 5.79. The number of carbonyl (C=O) groups is 2. The molecule has 0 unspecified atom stereocenters. The van der Waals surface area contributed by atoms with Crippen LogP contribution in [0, 0.1) is 0 Å². The van der Waals surface area contributed by atoms with Crippen LogP contribution in [0.1, 0.15) is 45.4 Å². The highest BCUT2D eigenvalue weighted by Gasteiger charge is 2.19. The molecular weight excluding hydrogens is 234 g/mol. The number of carboxylic acids is 1. The van der Waals surface area contributed by atoms with Crippen molar-refractivity contribution in [1.82, 2.24) is 5.32 Å². The molecule has 0 radical (unpaired) electrons. The minimum absolute atomic E-state index is 0.305. The second-order valence-corrected chi connectivity index (χ2v) is 4.10. The molecule has 0 saturated heterocycles. The monoisotopic (exact) mass is 257 g/mol. The van der Waals surface area contributed by atoms with Crippen molar-refractivity contribution in [1.29, 1.82) is 0 Å². The molecule has 0 aliphatic rings. The molecule has 0 aromatic rings. The maximum absolute atomic E-state index is 11.3. The highest BCUT2D eigenvalue weighted by molar-refractivity contribution is 5.79. The standard InChI is InChI=1S/C13H23NO4/c1-3-5-7-8-10-18-13(17)14-11(12(15)16)9-6-4-2/h3,11H,1,4-10H2,2H3,(H,14,17)(H,15,16)/t11-/m0/s1. The summed E-state index contributed by atoms with van der Waals surface area (Å²) in [5.41, 5.74) is 0. The summed E-state index contributed by atoms with van der Waals surface area (Å²) in [5.74, 6) is -1.02. The van der Waals surface area contributed by atoms with Gasteiger partial charge in [0.1, 0.15) is 6.04 Å². The third kappa shape index (κ3) is 8.61. The number of carbonyl (C=O) groups excluding carboxylic acids is 1. The van der Waals surface area contributed by atoms with Gasteiger partial charge in [0.15, 0.2) is 0 Å². The fourth-order valence-corrected chi connectivity index (χ4v) is 1.41. The van der Waals surface area contributed by atoms with Crippen LogP contribution in [0.4, 0.5) is 4.79 Å². The highest BCUT2D eigenvalue weighted by atomic mass is 16.5. The van der Waals surface area contributed by atoms with E-state index in [0.717, 1.165) is 32.1 Å². The molecule has 0 aromatic carbocycles. The largest absolute Gasteiger partial charge is 0.480 e. The van der Waals surface area contributed by atoms with Gasteiger partial charge in [-0.25, -0.2) is 9.59 Å². The molecule has 0 saturated carbocycles. The van der Waals surface area contributed by atoms with Gasteiger partial charge in [0.05, 0.1) is 6.61 Å². The number of nitrogens with one attached hydrogen (secondary N) is 1. The van der Waals surface area contributed by atoms with E-state index in [0.29, 0.717) is 13.0 Å². The number of ether oxygens (including phenoxy) is 1. The Bertz CT molecular complexity index is 266. The number of aliphatic carboxylic acids is 1. The maximum Gasteiger partial charge on any atom is 0.407 e. The van der Waals surface area contributed by atoms with E-state index < -0.39 is 18.1 Å². The zero-order chi connectivity index (χ0) is 13.8. The van der Waals surface area contributed by atoms with Gasteiger partial charge in [0.25, 0.3) is 0 Å². The van der Waals surface area contributed by atoms with Gasteiger partial charge in [-0.05, 0) is 25.7 Å². The first kappa shape index (κ1) is 16.5. The number of hydrogen-bond acceptors (Lipinski definition) is 3. The fourth-order valence-electron chi connectivity index (χ4n) is 1.41. The van der Waals surface area contributed by atoms with E-state index >= 15 is 0 Å². The third-order valence-corrected chi connectivity index (χ3v) is 2.47. The summed E-state index contributed by atoms with van der Waals surface area (Å²) in [6, 6.07) is -0.856. The summed E-state index contributed by atoms with van der Waals surface area (Å²) in [6.45, 7) is 5.87. The van der Waals surface area contributed by atoms with Gasteiger partial charge in [0.2, 0.25) is 0 Å². The molecule has 104 valence electrons. The van der Waals surface area contributed by atoms with E-state index in [1.54, 1.807) is 0 Å². The summed E-state index contributed by atoms with van der Waals surface area (Å²) in [4.78, 5) is 22.2. The van der Waals surface area contributed by atoms with Crippen LogP contribution in [-0.4, -0.2) is 29.8 Å². The van der Waals surface area contributed by atoms with Crippen molar-refractivity contribution >= 4 is 12.1 Å². The molecule has 0 bridgehead atoms. The van der Waals surface area contributed by atoms with Crippen LogP contribution in [0.3, 0.4) is 0 Å². The van der Waals surface area contributed by atoms with Crippen molar-refractivity contribution in [2.45, 2.75) is 51.5 Å². The average molecular weight is 257 g/mol. The molecule has 1 amide bonds. The van der Waals surface area contributed by atoms with Crippen molar-refractivity contribution in [3.05, 3.63) is 12.7 Å². The SMILES string of the molecule is C=CCCCCOC(=O)N[C@@H](CCCC)C(=O)O. The van der Waals surface area contributed by atoms with Crippen LogP contribution in [0.25, 0.3) is 0 Å². The Morgan fingerprint density at radius 1 is 1.39 bits per heavy atom. The Morgan fingerprint density at radius 3 is 2.67 bits per heavy atom. The Kier molecular flexibility index (Phi) is 9.73. The van der Waals surface area contributed by atoms with Crippen LogP contribution in [0.15, 0.2) is 12.7 Å². The summed E-state index contributed by atoms with van der Waals surface area (Å²) >= 11 is 0. The first-order valence-electron chi connectivity index (χ1n) is 6.38. The molecule has 0 aromatic heterocycles. The zero-order valence-corrected chi connectivity index (χ0v) is 11.0. The quantitative estimate of drug-likeness (QED) is 0.466. The van der Waals surface area contributed by atoms with Gasteiger partial charge < -0.3 is 15.2 Å². The molecule has 5 nitrogen and oxygen atoms in total. The van der Waals surface area contributed by atoms with Gasteiger partial charge in [-0.3, -0.25) is 0 Å². The molecule has 5 heteroatoms. The first-order chi connectivity index (χ1) is 8.61. The van der Waals surface area contributed by atoms with E-state index in [1.165, 1.54) is 0 Å². The van der Waals surface area contributed by atoms with Crippen molar-refractivity contribution in [3.8, 4) is 0 Å². The molecule has 2 N–H and O–H groups in total. The lowest BCUT2D eigenvalue weighted by Crippen LogP contribution is -2.41. The lowest BCUT2D eigenvalue weighted by molar-refractivity contribution is -0.139. The van der Waals surface area contributed by atoms with Crippen molar-refractivity contribution in [3.63, 3.8) is 0 Å². The van der Waals surface area contributed by atoms with Crippen molar-refractivity contribution in [2.24, 2.45) is 0 Å². The first-order valence-corrected chi connectivity index (χ1v) is 6.38. The predicted octanol–water partition coefficient (Wildman–Crippen LogP) is 2.71. The minimum Gasteiger partial charge on any atom is -0.480 e. The average Bonchev–Trinajstić information content (AvgIpc) is 2.33. The van der Waals surface area contributed by atoms with E-state index in [4.69, 9.17) is 9.84 Å². The Hall–Kier alpha value is -1.52. The molecule has 0 heterocycles. The van der Waals surface area contributed by atoms with Gasteiger partial charge in [-0.2, -0.15) is 0 Å². The van der Waals surface area contributed by atoms with E-state index in [2.05, 4.69) is 11.9 Å². The van der Waals surface area contributed by atoms with Crippen molar-refractivity contribution in [2.75, 3.05) is 6.61 Å². The predicted molar refractivity (Wildman–Crippen MR) is 69.5 cm³/mol. The van der Waals surface area contributed by atoms with Crippen LogP contribution < -0.4 is 5.32 Å². The second-order valence-electron chi connectivity index (χ2n) is 4.10. The van der Waals surface area contributed by atoms with Crippen LogP contribution in [0.2, 0.25) is 0 Å². The number of allylic oxidation sites excluding steroid dienone is 1. The number of amides is 1. The van der Waals surface area contributed by atoms with Crippen LogP contribution in [0.5, 0.6) is 0 Å². The molecule has 0 fully saturated rings. The Morgan fingerprint density at radius 2 is 2.11 bits per heavy atom. The van der Waals surface area contributed by atoms with E-state index in [-0.39, 0.29) is 0 Å². The van der Waals surface area contributed by atoms with Crippen molar-refractivity contribution < 1.29 is 19.4 Å². The number of carboxylic acid groups (broad SMARTS) is 1. The molecule has 0 aliphatic heterocycles. The number of hydrogen-bond donors (Lipinski definition) is 2. The summed E-state index contributed by atoms with van der Waals surface area (Å²) in [7, 11) is 0. The molecule has 18 heavy (non-hydrogen) atoms. The van der Waals surface area contributed by atoms with Gasteiger partial charge >= 0.3 is 12.1 Å². The number of rotatable bonds is 10. The topological polar surface area (TPSA) is 75.6 Å². The lowest BCUT2D eigenvalue weighted by atomic mass is 10.1. The summed E-state index contributed by atoms with van der Waals surface area (Å²) in [5, 5.41) is 11.3. The Balaban J connectivity index is 3.80. The number of unbranched alkanes of at least 4 members (excludes halogenated alkanes) is 3. The zero-order valence-electron chi connectivity index (χ0n) is 11.0. The normalized spacial score (nSPS) is 11.6. The Labute approximate surface area is 108 Å². The summed E-state index contributed by atoms with van der Waals surface area (Å²) < 4.78 is 4.90. The van der Waals surface area contributed by atoms with Crippen LogP contribution in [-0.2, 0) is 9.53 Å². The number of alkyl carbamates (subject to hydrolysis) is 1. The lowest BCUT2D eigenvalue weighted by Gasteiger charge is -2.13. The highest BCUT2D eigenvalue weighted by Crippen LogP contribution is 2.02. The maximum atomic E-state index is 11.3. The van der Waals surface area contributed by atoms with Gasteiger partial charge in [-0.1, -0.05) is 25.8 Å².